The summed E-state index contributed by atoms with van der Waals surface area (Å²) in [6, 6.07) is 6.02. The minimum Gasteiger partial charge on any atom is -0.261 e. The van der Waals surface area contributed by atoms with Gasteiger partial charge in [0.05, 0.1) is 5.52 Å². The zero-order chi connectivity index (χ0) is 8.55. The zero-order valence-corrected chi connectivity index (χ0v) is 7.20. The van der Waals surface area contributed by atoms with Crippen molar-refractivity contribution >= 4 is 10.9 Å². The van der Waals surface area contributed by atoms with Gasteiger partial charge in [-0.2, -0.15) is 0 Å². The number of nitrogens with zero attached hydrogens (tertiary/aromatic N) is 2. The van der Waals surface area contributed by atoms with Crippen molar-refractivity contribution in [2.75, 3.05) is 0 Å². The highest BCUT2D eigenvalue weighted by Crippen LogP contribution is 2.13. The van der Waals surface area contributed by atoms with E-state index in [-0.39, 0.29) is 0 Å². The largest absolute Gasteiger partial charge is 0.261 e. The molecule has 2 rings (SSSR count). The number of rotatable bonds is 0. The lowest BCUT2D eigenvalue weighted by Crippen LogP contribution is -1.87. The molecule has 12 heavy (non-hydrogen) atoms. The molecular formula is C10H10N2. The lowest BCUT2D eigenvalue weighted by molar-refractivity contribution is 1.20. The summed E-state index contributed by atoms with van der Waals surface area (Å²) in [6.45, 7) is 3.99. The summed E-state index contributed by atoms with van der Waals surface area (Å²) in [5, 5.41) is 1.14. The molecule has 2 aromatic heterocycles. The standard InChI is InChI=1S/C10H10N2/c1-7-3-4-9-8(2)11-6-5-10(9)12-7/h3-6H,1-2H3. The van der Waals surface area contributed by atoms with Gasteiger partial charge >= 0.3 is 0 Å². The molecule has 2 nitrogen and oxygen atoms in total. The Morgan fingerprint density at radius 1 is 1.08 bits per heavy atom. The first-order valence-electron chi connectivity index (χ1n) is 3.96. The third-order valence-corrected chi connectivity index (χ3v) is 1.95. The van der Waals surface area contributed by atoms with E-state index in [1.54, 1.807) is 6.20 Å². The van der Waals surface area contributed by atoms with Gasteiger partial charge in [0.15, 0.2) is 0 Å². The van der Waals surface area contributed by atoms with Crippen molar-refractivity contribution in [1.29, 1.82) is 0 Å². The second-order valence-electron chi connectivity index (χ2n) is 2.92. The van der Waals surface area contributed by atoms with Crippen molar-refractivity contribution in [2.24, 2.45) is 0 Å². The fraction of sp³-hybridized carbons (Fsp3) is 0.200. The van der Waals surface area contributed by atoms with Gasteiger partial charge in [-0.25, -0.2) is 0 Å². The zero-order valence-electron chi connectivity index (χ0n) is 7.20. The van der Waals surface area contributed by atoms with Crippen molar-refractivity contribution in [2.45, 2.75) is 13.8 Å². The Balaban J connectivity index is 2.86. The number of hydrogen-bond acceptors (Lipinski definition) is 2. The number of pyridine rings is 2. The molecule has 2 heteroatoms. The summed E-state index contributed by atoms with van der Waals surface area (Å²) in [6.07, 6.45) is 1.80. The molecular weight excluding hydrogens is 148 g/mol. The Bertz CT molecular complexity index is 421. The number of aromatic nitrogens is 2. The Hall–Kier alpha value is -1.44. The van der Waals surface area contributed by atoms with E-state index in [4.69, 9.17) is 0 Å². The molecule has 0 amide bonds. The van der Waals surface area contributed by atoms with Crippen LogP contribution in [0, 0.1) is 13.8 Å². The van der Waals surface area contributed by atoms with Crippen LogP contribution in [-0.2, 0) is 0 Å². The van der Waals surface area contributed by atoms with Crippen LogP contribution in [-0.4, -0.2) is 9.97 Å². The molecule has 0 bridgehead atoms. The molecule has 0 N–H and O–H groups in total. The van der Waals surface area contributed by atoms with E-state index in [0.717, 1.165) is 22.3 Å². The average molecular weight is 158 g/mol. The minimum atomic E-state index is 1.03. The number of aryl methyl sites for hydroxylation is 2. The Labute approximate surface area is 71.3 Å². The maximum atomic E-state index is 4.40. The Morgan fingerprint density at radius 3 is 2.75 bits per heavy atom. The maximum absolute atomic E-state index is 4.40. The molecule has 0 aliphatic carbocycles. The van der Waals surface area contributed by atoms with Gasteiger partial charge < -0.3 is 0 Å². The summed E-state index contributed by atoms with van der Waals surface area (Å²) < 4.78 is 0. The van der Waals surface area contributed by atoms with E-state index in [1.165, 1.54) is 0 Å². The highest BCUT2D eigenvalue weighted by molar-refractivity contribution is 5.80. The van der Waals surface area contributed by atoms with Gasteiger partial charge in [0.1, 0.15) is 0 Å². The fourth-order valence-corrected chi connectivity index (χ4v) is 1.30. The first-order valence-corrected chi connectivity index (χ1v) is 3.96. The average Bonchev–Trinajstić information content (AvgIpc) is 2.04. The molecule has 60 valence electrons. The molecule has 0 fully saturated rings. The summed E-state index contributed by atoms with van der Waals surface area (Å²) in [7, 11) is 0. The molecule has 0 spiro atoms. The third kappa shape index (κ3) is 1.05. The molecule has 0 aromatic carbocycles. The SMILES string of the molecule is Cc1ccc2c(C)nccc2n1. The Morgan fingerprint density at radius 2 is 1.92 bits per heavy atom. The van der Waals surface area contributed by atoms with Crippen molar-refractivity contribution in [1.82, 2.24) is 9.97 Å². The number of hydrogen-bond donors (Lipinski definition) is 0. The molecule has 2 heterocycles. The summed E-state index contributed by atoms with van der Waals surface area (Å²) in [5.41, 5.74) is 3.12. The van der Waals surface area contributed by atoms with Crippen LogP contribution in [0.25, 0.3) is 10.9 Å². The molecule has 0 aliphatic heterocycles. The first kappa shape index (κ1) is 7.22. The minimum absolute atomic E-state index is 1.03. The Kier molecular flexibility index (Phi) is 1.54. The van der Waals surface area contributed by atoms with Crippen LogP contribution in [0.5, 0.6) is 0 Å². The van der Waals surface area contributed by atoms with E-state index in [2.05, 4.69) is 16.0 Å². The smallest absolute Gasteiger partial charge is 0.0738 e. The van der Waals surface area contributed by atoms with E-state index < -0.39 is 0 Å². The molecule has 0 atom stereocenters. The highest BCUT2D eigenvalue weighted by atomic mass is 14.7. The molecule has 0 aliphatic rings. The van der Waals surface area contributed by atoms with Crippen LogP contribution < -0.4 is 0 Å². The lowest BCUT2D eigenvalue weighted by atomic mass is 10.2. The van der Waals surface area contributed by atoms with E-state index in [9.17, 15) is 0 Å². The summed E-state index contributed by atoms with van der Waals surface area (Å²) >= 11 is 0. The van der Waals surface area contributed by atoms with Crippen molar-refractivity contribution < 1.29 is 0 Å². The molecule has 0 saturated heterocycles. The predicted octanol–water partition coefficient (Wildman–Crippen LogP) is 2.25. The van der Waals surface area contributed by atoms with Gasteiger partial charge in [-0.1, -0.05) is 0 Å². The van der Waals surface area contributed by atoms with Crippen LogP contribution in [0.15, 0.2) is 24.4 Å². The second kappa shape index (κ2) is 2.55. The van der Waals surface area contributed by atoms with E-state index >= 15 is 0 Å². The van der Waals surface area contributed by atoms with Gasteiger partial charge in [0, 0.05) is 23.0 Å². The van der Waals surface area contributed by atoms with Crippen LogP contribution in [0.1, 0.15) is 11.4 Å². The van der Waals surface area contributed by atoms with Crippen molar-refractivity contribution in [3.63, 3.8) is 0 Å². The molecule has 0 radical (unpaired) electrons. The van der Waals surface area contributed by atoms with Crippen LogP contribution in [0.3, 0.4) is 0 Å². The van der Waals surface area contributed by atoms with Gasteiger partial charge in [0.25, 0.3) is 0 Å². The van der Waals surface area contributed by atoms with Gasteiger partial charge in [-0.05, 0) is 32.0 Å². The second-order valence-corrected chi connectivity index (χ2v) is 2.92. The third-order valence-electron chi connectivity index (χ3n) is 1.95. The molecule has 0 unspecified atom stereocenters. The van der Waals surface area contributed by atoms with Crippen LogP contribution >= 0.6 is 0 Å². The van der Waals surface area contributed by atoms with E-state index in [0.29, 0.717) is 0 Å². The van der Waals surface area contributed by atoms with Gasteiger partial charge in [-0.15, -0.1) is 0 Å². The van der Waals surface area contributed by atoms with Crippen molar-refractivity contribution in [3.8, 4) is 0 Å². The predicted molar refractivity (Wildman–Crippen MR) is 49.0 cm³/mol. The van der Waals surface area contributed by atoms with Gasteiger partial charge in [-0.3, -0.25) is 9.97 Å². The quantitative estimate of drug-likeness (QED) is 0.587. The van der Waals surface area contributed by atoms with Gasteiger partial charge in [0.2, 0.25) is 0 Å². The first-order chi connectivity index (χ1) is 5.77. The lowest BCUT2D eigenvalue weighted by Gasteiger charge is -1.99. The van der Waals surface area contributed by atoms with Crippen LogP contribution in [0.4, 0.5) is 0 Å². The van der Waals surface area contributed by atoms with Crippen LogP contribution in [0.2, 0.25) is 0 Å². The summed E-state index contributed by atoms with van der Waals surface area (Å²) in [5.74, 6) is 0. The van der Waals surface area contributed by atoms with Crippen molar-refractivity contribution in [3.05, 3.63) is 35.8 Å². The normalized spacial score (nSPS) is 10.5. The summed E-state index contributed by atoms with van der Waals surface area (Å²) in [4.78, 5) is 8.59. The monoisotopic (exact) mass is 158 g/mol. The highest BCUT2D eigenvalue weighted by Gasteiger charge is 1.97. The maximum Gasteiger partial charge on any atom is 0.0738 e. The molecule has 2 aromatic rings. The molecule has 0 saturated carbocycles. The number of fused-ring (bicyclic) bond motifs is 1. The fourth-order valence-electron chi connectivity index (χ4n) is 1.30. The topological polar surface area (TPSA) is 25.8 Å². The van der Waals surface area contributed by atoms with E-state index in [1.807, 2.05) is 26.0 Å².